The van der Waals surface area contributed by atoms with Gasteiger partial charge in [0.2, 0.25) is 0 Å². The molecule has 0 radical (unpaired) electrons. The van der Waals surface area contributed by atoms with Crippen molar-refractivity contribution in [2.75, 3.05) is 11.6 Å². The number of pyridine rings is 1. The molecule has 0 aliphatic carbocycles. The maximum Gasteiger partial charge on any atom is 0.190 e. The summed E-state index contributed by atoms with van der Waals surface area (Å²) < 4.78 is 0. The Balaban J connectivity index is 2.04. The summed E-state index contributed by atoms with van der Waals surface area (Å²) in [6.07, 6.45) is 3.60. The topological polar surface area (TPSA) is 74.5 Å². The van der Waals surface area contributed by atoms with Crippen LogP contribution in [0.3, 0.4) is 0 Å². The largest absolute Gasteiger partial charge is 0.339 e. The van der Waals surface area contributed by atoms with Gasteiger partial charge in [0.05, 0.1) is 5.52 Å². The number of nitrogens with one attached hydrogen (secondary N) is 1. The first-order valence-corrected chi connectivity index (χ1v) is 7.95. The molecule has 0 atom stereocenters. The molecule has 2 heterocycles. The molecule has 5 nitrogen and oxygen atoms in total. The highest BCUT2D eigenvalue weighted by atomic mass is 35.5. The van der Waals surface area contributed by atoms with Crippen molar-refractivity contribution in [1.29, 1.82) is 5.26 Å². The molecule has 1 N–H and O–H groups in total. The second-order valence-electron chi connectivity index (χ2n) is 4.37. The van der Waals surface area contributed by atoms with Gasteiger partial charge in [0.15, 0.2) is 16.1 Å². The van der Waals surface area contributed by atoms with E-state index in [4.69, 9.17) is 11.6 Å². The van der Waals surface area contributed by atoms with Crippen LogP contribution in [-0.4, -0.2) is 21.2 Å². The van der Waals surface area contributed by atoms with Crippen LogP contribution in [-0.2, 0) is 0 Å². The normalized spacial score (nSPS) is 10.4. The second-order valence-corrected chi connectivity index (χ2v) is 5.50. The standard InChI is InChI=1S/C15H10ClN5S/c1-22-15-20-13(16)11(8-17)14(21-15)19-10-4-5-12-9(7-10)3-2-6-18-12/h2-7H,1H3,(H,19,20,21). The fraction of sp³-hybridized carbons (Fsp3) is 0.0667. The summed E-state index contributed by atoms with van der Waals surface area (Å²) in [5.74, 6) is 0.398. The maximum atomic E-state index is 9.24. The number of hydrogen-bond acceptors (Lipinski definition) is 6. The zero-order chi connectivity index (χ0) is 15.5. The van der Waals surface area contributed by atoms with Crippen molar-refractivity contribution in [3.05, 3.63) is 47.2 Å². The molecule has 22 heavy (non-hydrogen) atoms. The Bertz CT molecular complexity index is 891. The summed E-state index contributed by atoms with van der Waals surface area (Å²) in [5.41, 5.74) is 1.93. The van der Waals surface area contributed by atoms with Crippen molar-refractivity contribution in [1.82, 2.24) is 15.0 Å². The third-order valence-corrected chi connectivity index (χ3v) is 3.83. The van der Waals surface area contributed by atoms with E-state index in [-0.39, 0.29) is 10.7 Å². The number of fused-ring (bicyclic) bond motifs is 1. The van der Waals surface area contributed by atoms with E-state index in [1.165, 1.54) is 11.8 Å². The van der Waals surface area contributed by atoms with E-state index in [9.17, 15) is 5.26 Å². The molecule has 0 bridgehead atoms. The van der Waals surface area contributed by atoms with E-state index in [0.29, 0.717) is 11.0 Å². The Labute approximate surface area is 136 Å². The molecule has 0 fully saturated rings. The van der Waals surface area contributed by atoms with Crippen molar-refractivity contribution >= 4 is 45.8 Å². The first-order chi connectivity index (χ1) is 10.7. The molecule has 1 aromatic carbocycles. The molecule has 3 rings (SSSR count). The number of thioether (sulfide) groups is 1. The summed E-state index contributed by atoms with van der Waals surface area (Å²) in [6.45, 7) is 0. The molecular formula is C15H10ClN5S. The summed E-state index contributed by atoms with van der Waals surface area (Å²) in [5, 5.41) is 14.0. The van der Waals surface area contributed by atoms with Crippen molar-refractivity contribution in [2.24, 2.45) is 0 Å². The lowest BCUT2D eigenvalue weighted by atomic mass is 10.2. The molecule has 108 valence electrons. The Kier molecular flexibility index (Phi) is 4.09. The van der Waals surface area contributed by atoms with Gasteiger partial charge in [-0.2, -0.15) is 5.26 Å². The predicted molar refractivity (Wildman–Crippen MR) is 88.6 cm³/mol. The zero-order valence-electron chi connectivity index (χ0n) is 11.5. The van der Waals surface area contributed by atoms with Gasteiger partial charge in [0.1, 0.15) is 11.6 Å². The smallest absolute Gasteiger partial charge is 0.190 e. The Morgan fingerprint density at radius 1 is 1.27 bits per heavy atom. The van der Waals surface area contributed by atoms with Crippen molar-refractivity contribution in [3.63, 3.8) is 0 Å². The van der Waals surface area contributed by atoms with Crippen molar-refractivity contribution < 1.29 is 0 Å². The zero-order valence-corrected chi connectivity index (χ0v) is 13.1. The summed E-state index contributed by atoms with van der Waals surface area (Å²) in [6, 6.07) is 11.6. The van der Waals surface area contributed by atoms with Gasteiger partial charge in [-0.15, -0.1) is 0 Å². The molecule has 0 unspecified atom stereocenters. The fourth-order valence-electron chi connectivity index (χ4n) is 1.99. The Morgan fingerprint density at radius 2 is 2.14 bits per heavy atom. The van der Waals surface area contributed by atoms with Gasteiger partial charge in [-0.05, 0) is 30.5 Å². The number of aromatic nitrogens is 3. The van der Waals surface area contributed by atoms with Gasteiger partial charge in [0, 0.05) is 17.3 Å². The van der Waals surface area contributed by atoms with E-state index in [0.717, 1.165) is 16.6 Å². The molecule has 0 aliphatic heterocycles. The van der Waals surface area contributed by atoms with Crippen LogP contribution in [0, 0.1) is 11.3 Å². The molecule has 3 aromatic rings. The predicted octanol–water partition coefficient (Wildman–Crippen LogP) is 4.02. The average molecular weight is 328 g/mol. The van der Waals surface area contributed by atoms with Crippen molar-refractivity contribution in [2.45, 2.75) is 5.16 Å². The SMILES string of the molecule is CSc1nc(Cl)c(C#N)c(Nc2ccc3ncccc3c2)n1. The van der Waals surface area contributed by atoms with Gasteiger partial charge in [-0.25, -0.2) is 9.97 Å². The van der Waals surface area contributed by atoms with E-state index < -0.39 is 0 Å². The van der Waals surface area contributed by atoms with Gasteiger partial charge >= 0.3 is 0 Å². The molecule has 0 saturated heterocycles. The Hall–Kier alpha value is -2.36. The highest BCUT2D eigenvalue weighted by molar-refractivity contribution is 7.98. The first kappa shape index (κ1) is 14.6. The van der Waals surface area contributed by atoms with Crippen LogP contribution < -0.4 is 5.32 Å². The van der Waals surface area contributed by atoms with Crippen LogP contribution in [0.15, 0.2) is 41.7 Å². The van der Waals surface area contributed by atoms with Crippen LogP contribution >= 0.6 is 23.4 Å². The summed E-state index contributed by atoms with van der Waals surface area (Å²) >= 11 is 7.40. The molecule has 0 spiro atoms. The number of anilines is 2. The highest BCUT2D eigenvalue weighted by Gasteiger charge is 2.13. The summed E-state index contributed by atoms with van der Waals surface area (Å²) in [7, 11) is 0. The van der Waals surface area contributed by atoms with E-state index in [1.54, 1.807) is 6.20 Å². The van der Waals surface area contributed by atoms with E-state index >= 15 is 0 Å². The third kappa shape index (κ3) is 2.82. The van der Waals surface area contributed by atoms with Crippen LogP contribution in [0.2, 0.25) is 5.15 Å². The molecule has 2 aromatic heterocycles. The molecule has 0 aliphatic rings. The monoisotopic (exact) mass is 327 g/mol. The molecule has 7 heteroatoms. The minimum atomic E-state index is 0.145. The number of benzene rings is 1. The quantitative estimate of drug-likeness (QED) is 0.445. The number of nitriles is 1. The molecule has 0 saturated carbocycles. The maximum absolute atomic E-state index is 9.24. The number of hydrogen-bond donors (Lipinski definition) is 1. The molecular weight excluding hydrogens is 318 g/mol. The minimum absolute atomic E-state index is 0.145. The number of halogens is 1. The van der Waals surface area contributed by atoms with E-state index in [1.807, 2.05) is 42.7 Å². The molecule has 0 amide bonds. The lowest BCUT2D eigenvalue weighted by molar-refractivity contribution is 0.969. The summed E-state index contributed by atoms with van der Waals surface area (Å²) in [4.78, 5) is 12.7. The van der Waals surface area contributed by atoms with Crippen molar-refractivity contribution in [3.8, 4) is 6.07 Å². The highest BCUT2D eigenvalue weighted by Crippen LogP contribution is 2.27. The van der Waals surface area contributed by atoms with Gasteiger partial charge in [0.25, 0.3) is 0 Å². The number of rotatable bonds is 3. The van der Waals surface area contributed by atoms with Crippen LogP contribution in [0.25, 0.3) is 10.9 Å². The fourth-order valence-corrected chi connectivity index (χ4v) is 2.61. The van der Waals surface area contributed by atoms with Crippen LogP contribution in [0.4, 0.5) is 11.5 Å². The van der Waals surface area contributed by atoms with Crippen LogP contribution in [0.1, 0.15) is 5.56 Å². The lowest BCUT2D eigenvalue weighted by Gasteiger charge is -2.10. The first-order valence-electron chi connectivity index (χ1n) is 6.34. The lowest BCUT2D eigenvalue weighted by Crippen LogP contribution is -2.01. The van der Waals surface area contributed by atoms with E-state index in [2.05, 4.69) is 20.3 Å². The van der Waals surface area contributed by atoms with Crippen LogP contribution in [0.5, 0.6) is 0 Å². The Morgan fingerprint density at radius 3 is 2.91 bits per heavy atom. The van der Waals surface area contributed by atoms with Gasteiger partial charge < -0.3 is 5.32 Å². The second kappa shape index (κ2) is 6.18. The average Bonchev–Trinajstić information content (AvgIpc) is 2.54. The van der Waals surface area contributed by atoms with Gasteiger partial charge in [-0.3, -0.25) is 4.98 Å². The van der Waals surface area contributed by atoms with Gasteiger partial charge in [-0.1, -0.05) is 29.4 Å². The minimum Gasteiger partial charge on any atom is -0.339 e. The third-order valence-electron chi connectivity index (χ3n) is 3.00. The number of nitrogens with zero attached hydrogens (tertiary/aromatic N) is 4.